The highest BCUT2D eigenvalue weighted by Crippen LogP contribution is 2.21. The molecule has 0 aliphatic heterocycles. The molecule has 0 atom stereocenters. The van der Waals surface area contributed by atoms with E-state index in [0.717, 1.165) is 11.3 Å². The molecule has 1 aromatic heterocycles. The molecule has 0 fully saturated rings. The average Bonchev–Trinajstić information content (AvgIpc) is 2.68. The third kappa shape index (κ3) is 2.51. The van der Waals surface area contributed by atoms with Crippen LogP contribution in [0.25, 0.3) is 0 Å². The van der Waals surface area contributed by atoms with Crippen LogP contribution >= 0.6 is 22.9 Å². The number of rotatable bonds is 2. The predicted molar refractivity (Wildman–Crippen MR) is 63.7 cm³/mol. The highest BCUT2D eigenvalue weighted by molar-refractivity contribution is 7.19. The third-order valence-corrected chi connectivity index (χ3v) is 2.82. The van der Waals surface area contributed by atoms with E-state index >= 15 is 0 Å². The largest absolute Gasteiger partial charge is 0.374 e. The van der Waals surface area contributed by atoms with Gasteiger partial charge in [0.15, 0.2) is 5.82 Å². The first-order chi connectivity index (χ1) is 8.08. The first-order valence-corrected chi connectivity index (χ1v) is 5.61. The molecule has 17 heavy (non-hydrogen) atoms. The molecule has 0 unspecified atom stereocenters. The fourth-order valence-corrected chi connectivity index (χ4v) is 1.81. The Labute approximate surface area is 104 Å². The van der Waals surface area contributed by atoms with Crippen LogP contribution in [0.2, 0.25) is 5.02 Å². The Morgan fingerprint density at radius 2 is 2.24 bits per heavy atom. The number of nitrogens with two attached hydrogens (primary N) is 1. The maximum Gasteiger partial charge on any atom is 0.260 e. The molecule has 0 spiro atoms. The van der Waals surface area contributed by atoms with Gasteiger partial charge >= 0.3 is 0 Å². The van der Waals surface area contributed by atoms with Crippen molar-refractivity contribution in [3.63, 3.8) is 0 Å². The molecular weight excluding hydrogens is 267 g/mol. The summed E-state index contributed by atoms with van der Waals surface area (Å²) < 4.78 is 13.5. The second-order valence-electron chi connectivity index (χ2n) is 3.00. The fraction of sp³-hybridized carbons (Fsp3) is 0. The minimum atomic E-state index is -0.774. The first kappa shape index (κ1) is 11.7. The SMILES string of the molecule is Nc1nnc(NC(=O)c2cccc(Cl)c2F)s1. The molecule has 2 rings (SSSR count). The van der Waals surface area contributed by atoms with Crippen LogP contribution in [-0.4, -0.2) is 16.1 Å². The lowest BCUT2D eigenvalue weighted by Crippen LogP contribution is -2.13. The molecule has 88 valence electrons. The van der Waals surface area contributed by atoms with Crippen LogP contribution in [0.3, 0.4) is 0 Å². The lowest BCUT2D eigenvalue weighted by Gasteiger charge is -2.03. The number of benzene rings is 1. The molecule has 3 N–H and O–H groups in total. The number of nitrogens with zero attached hydrogens (tertiary/aromatic N) is 2. The summed E-state index contributed by atoms with van der Waals surface area (Å²) in [4.78, 5) is 11.7. The molecule has 8 heteroatoms. The molecular formula is C9H6ClFN4OS. The molecule has 1 aromatic carbocycles. The first-order valence-electron chi connectivity index (χ1n) is 4.42. The van der Waals surface area contributed by atoms with E-state index in [2.05, 4.69) is 15.5 Å². The summed E-state index contributed by atoms with van der Waals surface area (Å²) in [5.41, 5.74) is 5.18. The third-order valence-electron chi connectivity index (χ3n) is 1.86. The Bertz CT molecular complexity index is 574. The smallest absolute Gasteiger partial charge is 0.260 e. The number of anilines is 2. The summed E-state index contributed by atoms with van der Waals surface area (Å²) >= 11 is 6.55. The molecule has 0 aliphatic rings. The molecule has 0 aliphatic carbocycles. The maximum absolute atomic E-state index is 13.5. The molecule has 2 aromatic rings. The van der Waals surface area contributed by atoms with Crippen molar-refractivity contribution in [3.8, 4) is 0 Å². The van der Waals surface area contributed by atoms with Crippen LogP contribution in [0, 0.1) is 5.82 Å². The second kappa shape index (κ2) is 4.64. The number of hydrogen-bond donors (Lipinski definition) is 2. The van der Waals surface area contributed by atoms with Gasteiger partial charge in [-0.1, -0.05) is 29.0 Å². The van der Waals surface area contributed by atoms with Gasteiger partial charge in [0.05, 0.1) is 10.6 Å². The fourth-order valence-electron chi connectivity index (χ4n) is 1.13. The van der Waals surface area contributed by atoms with Crippen LogP contribution in [0.1, 0.15) is 10.4 Å². The van der Waals surface area contributed by atoms with Gasteiger partial charge in [-0.25, -0.2) is 4.39 Å². The van der Waals surface area contributed by atoms with Gasteiger partial charge in [0.25, 0.3) is 5.91 Å². The highest BCUT2D eigenvalue weighted by Gasteiger charge is 2.15. The van der Waals surface area contributed by atoms with Gasteiger partial charge in [-0.05, 0) is 12.1 Å². The maximum atomic E-state index is 13.5. The Kier molecular flexibility index (Phi) is 3.21. The van der Waals surface area contributed by atoms with Crippen molar-refractivity contribution in [2.24, 2.45) is 0 Å². The van der Waals surface area contributed by atoms with Crippen LogP contribution in [0.15, 0.2) is 18.2 Å². The Morgan fingerprint density at radius 3 is 2.88 bits per heavy atom. The Hall–Kier alpha value is -1.73. The summed E-state index contributed by atoms with van der Waals surface area (Å²) in [7, 11) is 0. The van der Waals surface area contributed by atoms with Crippen molar-refractivity contribution >= 4 is 39.1 Å². The average molecular weight is 273 g/mol. The number of halogens is 2. The van der Waals surface area contributed by atoms with Crippen LogP contribution in [-0.2, 0) is 0 Å². The molecule has 0 saturated carbocycles. The lowest BCUT2D eigenvalue weighted by atomic mass is 10.2. The Balaban J connectivity index is 2.23. The van der Waals surface area contributed by atoms with Gasteiger partial charge in [0.1, 0.15) is 0 Å². The normalized spacial score (nSPS) is 10.2. The zero-order chi connectivity index (χ0) is 12.4. The number of aromatic nitrogens is 2. The van der Waals surface area contributed by atoms with Gasteiger partial charge in [-0.2, -0.15) is 0 Å². The number of amides is 1. The zero-order valence-corrected chi connectivity index (χ0v) is 9.85. The Morgan fingerprint density at radius 1 is 1.47 bits per heavy atom. The van der Waals surface area contributed by atoms with Gasteiger partial charge < -0.3 is 5.73 Å². The summed E-state index contributed by atoms with van der Waals surface area (Å²) in [6.07, 6.45) is 0. The van der Waals surface area contributed by atoms with E-state index in [9.17, 15) is 9.18 Å². The van der Waals surface area contributed by atoms with Gasteiger partial charge in [0, 0.05) is 0 Å². The van der Waals surface area contributed by atoms with Crippen molar-refractivity contribution < 1.29 is 9.18 Å². The van der Waals surface area contributed by atoms with Crippen LogP contribution in [0.5, 0.6) is 0 Å². The second-order valence-corrected chi connectivity index (χ2v) is 4.42. The van der Waals surface area contributed by atoms with Crippen molar-refractivity contribution in [3.05, 3.63) is 34.6 Å². The van der Waals surface area contributed by atoms with E-state index in [1.807, 2.05) is 0 Å². The predicted octanol–water partition coefficient (Wildman–Crippen LogP) is 2.17. The standard InChI is InChI=1S/C9H6ClFN4OS/c10-5-3-1-2-4(6(5)11)7(16)13-9-15-14-8(12)17-9/h1-3H,(H2,12,14)(H,13,15,16). The summed E-state index contributed by atoms with van der Waals surface area (Å²) in [5.74, 6) is -1.43. The number of hydrogen-bond acceptors (Lipinski definition) is 5. The highest BCUT2D eigenvalue weighted by atomic mass is 35.5. The summed E-state index contributed by atoms with van der Waals surface area (Å²) in [6, 6.07) is 4.16. The monoisotopic (exact) mass is 272 g/mol. The van der Waals surface area contributed by atoms with E-state index in [1.165, 1.54) is 18.2 Å². The van der Waals surface area contributed by atoms with Crippen molar-refractivity contribution in [1.82, 2.24) is 10.2 Å². The lowest BCUT2D eigenvalue weighted by molar-refractivity contribution is 0.102. The van der Waals surface area contributed by atoms with Crippen molar-refractivity contribution in [2.75, 3.05) is 11.1 Å². The molecule has 0 bridgehead atoms. The number of nitrogen functional groups attached to an aromatic ring is 1. The molecule has 5 nitrogen and oxygen atoms in total. The number of nitrogens with one attached hydrogen (secondary N) is 1. The molecule has 0 radical (unpaired) electrons. The van der Waals surface area contributed by atoms with Gasteiger partial charge in [-0.15, -0.1) is 10.2 Å². The molecule has 1 amide bonds. The van der Waals surface area contributed by atoms with Gasteiger partial charge in [0.2, 0.25) is 10.3 Å². The van der Waals surface area contributed by atoms with E-state index < -0.39 is 11.7 Å². The van der Waals surface area contributed by atoms with E-state index in [4.69, 9.17) is 17.3 Å². The topological polar surface area (TPSA) is 80.9 Å². The zero-order valence-electron chi connectivity index (χ0n) is 8.28. The van der Waals surface area contributed by atoms with Crippen molar-refractivity contribution in [2.45, 2.75) is 0 Å². The van der Waals surface area contributed by atoms with E-state index in [-0.39, 0.29) is 20.8 Å². The molecule has 0 saturated heterocycles. The summed E-state index contributed by atoms with van der Waals surface area (Å²) in [5, 5.41) is 9.78. The van der Waals surface area contributed by atoms with Gasteiger partial charge in [-0.3, -0.25) is 10.1 Å². The van der Waals surface area contributed by atoms with E-state index in [0.29, 0.717) is 0 Å². The molecule has 1 heterocycles. The minimum Gasteiger partial charge on any atom is -0.374 e. The number of carbonyl (C=O) groups excluding carboxylic acids is 1. The van der Waals surface area contributed by atoms with Crippen LogP contribution < -0.4 is 11.1 Å². The minimum absolute atomic E-state index is 0.116. The quantitative estimate of drug-likeness (QED) is 0.878. The number of carbonyl (C=O) groups is 1. The summed E-state index contributed by atoms with van der Waals surface area (Å²) in [6.45, 7) is 0. The van der Waals surface area contributed by atoms with E-state index in [1.54, 1.807) is 0 Å². The van der Waals surface area contributed by atoms with Crippen LogP contribution in [0.4, 0.5) is 14.7 Å². The van der Waals surface area contributed by atoms with Crippen molar-refractivity contribution in [1.29, 1.82) is 0 Å².